The Kier molecular flexibility index (Phi) is 7.86. The fraction of sp³-hybridized carbons (Fsp3) is 0.172. The number of hydrogen-bond acceptors (Lipinski definition) is 4. The lowest BCUT2D eigenvalue weighted by molar-refractivity contribution is -0.118. The molecule has 0 spiro atoms. The summed E-state index contributed by atoms with van der Waals surface area (Å²) in [6.07, 6.45) is 0.287. The molecule has 0 aliphatic heterocycles. The van der Waals surface area contributed by atoms with E-state index in [4.69, 9.17) is 0 Å². The van der Waals surface area contributed by atoms with E-state index in [1.807, 2.05) is 24.3 Å². The van der Waals surface area contributed by atoms with E-state index in [-0.39, 0.29) is 29.1 Å². The Balaban J connectivity index is 1.52. The van der Waals surface area contributed by atoms with Crippen molar-refractivity contribution < 1.29 is 14.4 Å². The van der Waals surface area contributed by atoms with E-state index >= 15 is 0 Å². The predicted octanol–water partition coefficient (Wildman–Crippen LogP) is 3.88. The van der Waals surface area contributed by atoms with Crippen LogP contribution in [-0.4, -0.2) is 33.1 Å². The first-order valence-corrected chi connectivity index (χ1v) is 12.2. The Morgan fingerprint density at radius 3 is 2.08 bits per heavy atom. The molecule has 0 bridgehead atoms. The van der Waals surface area contributed by atoms with Gasteiger partial charge in [0, 0.05) is 12.6 Å². The van der Waals surface area contributed by atoms with Crippen molar-refractivity contribution in [2.24, 2.45) is 7.05 Å². The second-order valence-electron chi connectivity index (χ2n) is 8.73. The minimum absolute atomic E-state index is 0.143. The summed E-state index contributed by atoms with van der Waals surface area (Å²) in [4.78, 5) is 52.1. The zero-order valence-electron chi connectivity index (χ0n) is 21.4. The lowest BCUT2D eigenvalue weighted by atomic mass is 10.1. The number of rotatable bonds is 8. The van der Waals surface area contributed by atoms with E-state index in [9.17, 15) is 19.2 Å². The number of aromatic nitrogens is 2. The van der Waals surface area contributed by atoms with Gasteiger partial charge in [0.15, 0.2) is 0 Å². The van der Waals surface area contributed by atoms with Gasteiger partial charge in [0.1, 0.15) is 11.7 Å². The SMILES string of the molecule is CC[C@H](NC(=O)c1ccccc1NC(=O)c1ccccc1)C(=O)Nc1c(C)n(C)n(-c2ccccc2)c1=O. The van der Waals surface area contributed by atoms with Crippen LogP contribution in [0.1, 0.15) is 39.8 Å². The lowest BCUT2D eigenvalue weighted by Crippen LogP contribution is -2.44. The van der Waals surface area contributed by atoms with Gasteiger partial charge in [0.05, 0.1) is 22.6 Å². The minimum Gasteiger partial charge on any atom is -0.340 e. The molecule has 4 aromatic rings. The molecule has 3 aromatic carbocycles. The van der Waals surface area contributed by atoms with Gasteiger partial charge in [-0.2, -0.15) is 0 Å². The number of hydrogen-bond donors (Lipinski definition) is 3. The van der Waals surface area contributed by atoms with E-state index < -0.39 is 17.9 Å². The monoisotopic (exact) mass is 511 g/mol. The topological polar surface area (TPSA) is 114 Å². The summed E-state index contributed by atoms with van der Waals surface area (Å²) in [7, 11) is 1.74. The van der Waals surface area contributed by atoms with Crippen LogP contribution < -0.4 is 21.5 Å². The van der Waals surface area contributed by atoms with Crippen molar-refractivity contribution >= 4 is 29.1 Å². The molecular weight excluding hydrogens is 482 g/mol. The molecule has 0 unspecified atom stereocenters. The largest absolute Gasteiger partial charge is 0.340 e. The summed E-state index contributed by atoms with van der Waals surface area (Å²) in [5.74, 6) is -1.40. The Bertz CT molecular complexity index is 1520. The summed E-state index contributed by atoms with van der Waals surface area (Å²) in [6, 6.07) is 23.4. The summed E-state index contributed by atoms with van der Waals surface area (Å²) in [6.45, 7) is 3.50. The number of benzene rings is 3. The minimum atomic E-state index is -0.912. The standard InChI is InChI=1S/C29H29N5O4/c1-4-23(28(37)32-25-19(2)33(3)34(29(25)38)21-15-9-6-10-16-21)30-27(36)22-17-11-12-18-24(22)31-26(35)20-13-7-5-8-14-20/h5-18,23H,4H2,1-3H3,(H,30,36)(H,31,35)(H,32,37)/t23-/m0/s1. The molecule has 0 aliphatic rings. The third kappa shape index (κ3) is 5.41. The molecule has 1 aromatic heterocycles. The zero-order chi connectivity index (χ0) is 27.2. The van der Waals surface area contributed by atoms with Gasteiger partial charge < -0.3 is 16.0 Å². The lowest BCUT2D eigenvalue weighted by Gasteiger charge is -2.18. The van der Waals surface area contributed by atoms with Crippen LogP contribution >= 0.6 is 0 Å². The van der Waals surface area contributed by atoms with Gasteiger partial charge in [-0.3, -0.25) is 23.9 Å². The van der Waals surface area contributed by atoms with E-state index in [1.165, 1.54) is 4.68 Å². The number of carbonyl (C=O) groups excluding carboxylic acids is 3. The van der Waals surface area contributed by atoms with E-state index in [0.29, 0.717) is 22.6 Å². The maximum atomic E-state index is 13.2. The number of nitrogens with zero attached hydrogens (tertiary/aromatic N) is 2. The quantitative estimate of drug-likeness (QED) is 0.333. The molecule has 38 heavy (non-hydrogen) atoms. The van der Waals surface area contributed by atoms with Gasteiger partial charge in [-0.1, -0.05) is 55.5 Å². The second-order valence-corrected chi connectivity index (χ2v) is 8.73. The van der Waals surface area contributed by atoms with Crippen molar-refractivity contribution in [1.29, 1.82) is 0 Å². The van der Waals surface area contributed by atoms with Gasteiger partial charge in [0.25, 0.3) is 17.4 Å². The molecule has 0 radical (unpaired) electrons. The van der Waals surface area contributed by atoms with Crippen LogP contribution in [0.4, 0.5) is 11.4 Å². The van der Waals surface area contributed by atoms with Gasteiger partial charge in [-0.25, -0.2) is 4.68 Å². The molecule has 3 amide bonds. The summed E-state index contributed by atoms with van der Waals surface area (Å²) in [5.41, 5.74) is 1.99. The first-order valence-electron chi connectivity index (χ1n) is 12.2. The van der Waals surface area contributed by atoms with Crippen LogP contribution in [0.3, 0.4) is 0 Å². The number of carbonyl (C=O) groups is 3. The van der Waals surface area contributed by atoms with Crippen LogP contribution in [0.25, 0.3) is 5.69 Å². The van der Waals surface area contributed by atoms with Crippen molar-refractivity contribution in [3.8, 4) is 5.69 Å². The van der Waals surface area contributed by atoms with Crippen molar-refractivity contribution in [2.45, 2.75) is 26.3 Å². The molecular formula is C29H29N5O4. The highest BCUT2D eigenvalue weighted by molar-refractivity contribution is 6.10. The maximum Gasteiger partial charge on any atom is 0.295 e. The van der Waals surface area contributed by atoms with Gasteiger partial charge in [-0.05, 0) is 49.7 Å². The summed E-state index contributed by atoms with van der Waals surface area (Å²) < 4.78 is 3.13. The van der Waals surface area contributed by atoms with Gasteiger partial charge in [-0.15, -0.1) is 0 Å². The number of amides is 3. The molecule has 0 saturated heterocycles. The van der Waals surface area contributed by atoms with E-state index in [2.05, 4.69) is 16.0 Å². The zero-order valence-corrected chi connectivity index (χ0v) is 21.4. The molecule has 1 atom stereocenters. The third-order valence-corrected chi connectivity index (χ3v) is 6.29. The molecule has 9 nitrogen and oxygen atoms in total. The highest BCUT2D eigenvalue weighted by atomic mass is 16.2. The molecule has 0 saturated carbocycles. The molecule has 4 rings (SSSR count). The normalized spacial score (nSPS) is 11.4. The van der Waals surface area contributed by atoms with Crippen molar-refractivity contribution in [3.05, 3.63) is 112 Å². The highest BCUT2D eigenvalue weighted by Gasteiger charge is 2.25. The van der Waals surface area contributed by atoms with Crippen LogP contribution in [0.15, 0.2) is 89.7 Å². The molecule has 0 aliphatic carbocycles. The molecule has 194 valence electrons. The smallest absolute Gasteiger partial charge is 0.295 e. The third-order valence-electron chi connectivity index (χ3n) is 6.29. The molecule has 3 N–H and O–H groups in total. The average Bonchev–Trinajstić information content (AvgIpc) is 3.15. The van der Waals surface area contributed by atoms with Crippen LogP contribution in [0.5, 0.6) is 0 Å². The fourth-order valence-electron chi connectivity index (χ4n) is 4.09. The highest BCUT2D eigenvalue weighted by Crippen LogP contribution is 2.18. The van der Waals surface area contributed by atoms with Crippen molar-refractivity contribution in [2.75, 3.05) is 10.6 Å². The molecule has 9 heteroatoms. The Morgan fingerprint density at radius 1 is 0.816 bits per heavy atom. The number of para-hydroxylation sites is 2. The Morgan fingerprint density at radius 2 is 1.42 bits per heavy atom. The first kappa shape index (κ1) is 26.2. The Labute approximate surface area is 220 Å². The van der Waals surface area contributed by atoms with Crippen molar-refractivity contribution in [1.82, 2.24) is 14.7 Å². The molecule has 1 heterocycles. The first-order chi connectivity index (χ1) is 18.3. The van der Waals surface area contributed by atoms with Gasteiger partial charge >= 0.3 is 0 Å². The van der Waals surface area contributed by atoms with Crippen LogP contribution in [-0.2, 0) is 11.8 Å². The van der Waals surface area contributed by atoms with Crippen LogP contribution in [0, 0.1) is 6.92 Å². The van der Waals surface area contributed by atoms with Gasteiger partial charge in [0.2, 0.25) is 5.91 Å². The average molecular weight is 512 g/mol. The maximum absolute atomic E-state index is 13.2. The molecule has 0 fully saturated rings. The number of anilines is 2. The number of nitrogens with one attached hydrogen (secondary N) is 3. The van der Waals surface area contributed by atoms with Crippen LogP contribution in [0.2, 0.25) is 0 Å². The Hall–Kier alpha value is -4.92. The fourth-order valence-corrected chi connectivity index (χ4v) is 4.09. The summed E-state index contributed by atoms with van der Waals surface area (Å²) >= 11 is 0. The predicted molar refractivity (Wildman–Crippen MR) is 147 cm³/mol. The van der Waals surface area contributed by atoms with Crippen molar-refractivity contribution in [3.63, 3.8) is 0 Å². The second kappa shape index (κ2) is 11.4. The summed E-state index contributed by atoms with van der Waals surface area (Å²) in [5, 5.41) is 8.20. The van der Waals surface area contributed by atoms with E-state index in [1.54, 1.807) is 86.2 Å². The van der Waals surface area contributed by atoms with E-state index in [0.717, 1.165) is 0 Å².